The van der Waals surface area contributed by atoms with Gasteiger partial charge in [-0.1, -0.05) is 12.1 Å². The third-order valence-corrected chi connectivity index (χ3v) is 3.54. The Kier molecular flexibility index (Phi) is 10.5. The number of nitrogens with one attached hydrogen (secondary N) is 2. The molecule has 156 valence electrons. The van der Waals surface area contributed by atoms with E-state index in [0.717, 1.165) is 5.82 Å². The van der Waals surface area contributed by atoms with Crippen molar-refractivity contribution in [2.24, 2.45) is 12.0 Å². The van der Waals surface area contributed by atoms with Gasteiger partial charge in [0.25, 0.3) is 0 Å². The molecule has 28 heavy (non-hydrogen) atoms. The molecule has 0 saturated heterocycles. The van der Waals surface area contributed by atoms with Gasteiger partial charge in [0.1, 0.15) is 6.33 Å². The Morgan fingerprint density at radius 3 is 2.68 bits per heavy atom. The lowest BCUT2D eigenvalue weighted by atomic mass is 10.2. The summed E-state index contributed by atoms with van der Waals surface area (Å²) in [4.78, 5) is 4.44. The fourth-order valence-corrected chi connectivity index (χ4v) is 2.31. The third-order valence-electron chi connectivity index (χ3n) is 3.54. The second kappa shape index (κ2) is 12.3. The molecule has 2 N–H and O–H groups in total. The molecule has 0 spiro atoms. The zero-order valence-corrected chi connectivity index (χ0v) is 18.3. The normalized spacial score (nSPS) is 11.1. The Balaban J connectivity index is 0.00000392. The predicted molar refractivity (Wildman–Crippen MR) is 112 cm³/mol. The van der Waals surface area contributed by atoms with E-state index in [-0.39, 0.29) is 42.0 Å². The fourth-order valence-electron chi connectivity index (χ4n) is 2.31. The van der Waals surface area contributed by atoms with Crippen LogP contribution in [-0.4, -0.2) is 40.5 Å². The van der Waals surface area contributed by atoms with Crippen LogP contribution in [0, 0.1) is 0 Å². The minimum Gasteiger partial charge on any atom is -0.490 e. The molecular weight excluding hydrogens is 485 g/mol. The van der Waals surface area contributed by atoms with Crippen molar-refractivity contribution in [3.63, 3.8) is 0 Å². The van der Waals surface area contributed by atoms with Crippen LogP contribution >= 0.6 is 24.0 Å². The summed E-state index contributed by atoms with van der Waals surface area (Å²) in [5.74, 6) is 1.52. The number of rotatable bonds is 9. The van der Waals surface area contributed by atoms with Gasteiger partial charge in [0.15, 0.2) is 23.3 Å². The van der Waals surface area contributed by atoms with Crippen molar-refractivity contribution in [1.82, 2.24) is 25.4 Å². The van der Waals surface area contributed by atoms with E-state index in [4.69, 9.17) is 4.74 Å². The highest BCUT2D eigenvalue weighted by molar-refractivity contribution is 14.0. The van der Waals surface area contributed by atoms with Crippen molar-refractivity contribution in [3.05, 3.63) is 35.9 Å². The maximum Gasteiger partial charge on any atom is 0.387 e. The summed E-state index contributed by atoms with van der Waals surface area (Å²) in [6.45, 7) is 2.30. The molecule has 0 aliphatic heterocycles. The van der Waals surface area contributed by atoms with Crippen LogP contribution in [0.2, 0.25) is 0 Å². The number of hydrogen-bond donors (Lipinski definition) is 2. The van der Waals surface area contributed by atoms with E-state index in [1.54, 1.807) is 36.0 Å². The lowest BCUT2D eigenvalue weighted by molar-refractivity contribution is -0.0520. The van der Waals surface area contributed by atoms with Crippen LogP contribution in [0.5, 0.6) is 11.5 Å². The summed E-state index contributed by atoms with van der Waals surface area (Å²) >= 11 is 0. The second-order valence-corrected chi connectivity index (χ2v) is 5.46. The Hall–Kier alpha value is -2.18. The molecule has 0 amide bonds. The number of ether oxygens (including phenoxy) is 2. The average Bonchev–Trinajstić information content (AvgIpc) is 3.04. The molecule has 1 aromatic carbocycles. The second-order valence-electron chi connectivity index (χ2n) is 5.46. The summed E-state index contributed by atoms with van der Waals surface area (Å²) in [5, 5.41) is 14.0. The van der Waals surface area contributed by atoms with Crippen LogP contribution in [-0.2, 0) is 20.1 Å². The zero-order chi connectivity index (χ0) is 19.6. The van der Waals surface area contributed by atoms with Gasteiger partial charge in [-0.3, -0.25) is 0 Å². The molecule has 0 fully saturated rings. The van der Waals surface area contributed by atoms with Gasteiger partial charge in [-0.2, -0.15) is 8.78 Å². The average molecular weight is 510 g/mol. The lowest BCUT2D eigenvalue weighted by Crippen LogP contribution is -2.37. The minimum absolute atomic E-state index is 0. The van der Waals surface area contributed by atoms with Gasteiger partial charge in [-0.05, 0) is 19.9 Å². The highest BCUT2D eigenvalue weighted by Crippen LogP contribution is 2.33. The molecule has 0 radical (unpaired) electrons. The first-order valence-corrected chi connectivity index (χ1v) is 8.59. The number of benzene rings is 1. The maximum absolute atomic E-state index is 12.8. The van der Waals surface area contributed by atoms with Crippen LogP contribution in [0.3, 0.4) is 0 Å². The lowest BCUT2D eigenvalue weighted by Gasteiger charge is -2.15. The number of aryl methyl sites for hydroxylation is 1. The molecule has 1 heterocycles. The fraction of sp³-hybridized carbons (Fsp3) is 0.471. The van der Waals surface area contributed by atoms with Crippen LogP contribution in [0.4, 0.5) is 8.78 Å². The molecular formula is C17H25F2IN6O2. The Morgan fingerprint density at radius 1 is 1.29 bits per heavy atom. The number of para-hydroxylation sites is 1. The summed E-state index contributed by atoms with van der Waals surface area (Å²) in [5.41, 5.74) is 0.497. The standard InChI is InChI=1S/C17H24F2N6O2.HI/c1-4-20-17(22-10-14-24-23-11-25(14)3)21-9-12-7-6-8-13(26-5-2)15(12)27-16(18)19;/h6-8,11,16H,4-5,9-10H2,1-3H3,(H2,20,21,22);1H. The highest BCUT2D eigenvalue weighted by Gasteiger charge is 2.15. The van der Waals surface area contributed by atoms with Crippen molar-refractivity contribution >= 4 is 29.9 Å². The first-order chi connectivity index (χ1) is 13.0. The predicted octanol–water partition coefficient (Wildman–Crippen LogP) is 2.69. The van der Waals surface area contributed by atoms with Gasteiger partial charge in [-0.15, -0.1) is 34.2 Å². The van der Waals surface area contributed by atoms with Crippen molar-refractivity contribution in [3.8, 4) is 11.5 Å². The zero-order valence-electron chi connectivity index (χ0n) is 16.0. The Labute approximate surface area is 179 Å². The molecule has 0 unspecified atom stereocenters. The smallest absolute Gasteiger partial charge is 0.387 e. The van der Waals surface area contributed by atoms with Crippen molar-refractivity contribution in [2.45, 2.75) is 33.5 Å². The van der Waals surface area contributed by atoms with E-state index in [1.807, 2.05) is 14.0 Å². The van der Waals surface area contributed by atoms with E-state index in [0.29, 0.717) is 31.2 Å². The quantitative estimate of drug-likeness (QED) is 0.307. The summed E-state index contributed by atoms with van der Waals surface area (Å²) in [6, 6.07) is 4.98. The Bertz CT molecular complexity index is 757. The molecule has 0 saturated carbocycles. The first-order valence-electron chi connectivity index (χ1n) is 8.59. The number of aromatic nitrogens is 3. The topological polar surface area (TPSA) is 85.6 Å². The van der Waals surface area contributed by atoms with Gasteiger partial charge in [-0.25, -0.2) is 4.99 Å². The molecule has 0 aliphatic carbocycles. The molecule has 0 atom stereocenters. The third kappa shape index (κ3) is 7.09. The van der Waals surface area contributed by atoms with Gasteiger partial charge < -0.3 is 24.7 Å². The number of halogens is 3. The van der Waals surface area contributed by atoms with E-state index in [2.05, 4.69) is 30.6 Å². The highest BCUT2D eigenvalue weighted by atomic mass is 127. The molecule has 8 nitrogen and oxygen atoms in total. The number of hydrogen-bond acceptors (Lipinski definition) is 5. The largest absolute Gasteiger partial charge is 0.490 e. The summed E-state index contributed by atoms with van der Waals surface area (Å²) in [6.07, 6.45) is 1.61. The molecule has 1 aromatic heterocycles. The SMILES string of the molecule is CCNC(=NCc1cccc(OCC)c1OC(F)F)NCc1nncn1C.I. The number of aliphatic imine (C=N–C) groups is 1. The first kappa shape index (κ1) is 23.9. The summed E-state index contributed by atoms with van der Waals surface area (Å²) in [7, 11) is 1.84. The molecule has 0 bridgehead atoms. The van der Waals surface area contributed by atoms with E-state index < -0.39 is 6.61 Å². The molecule has 2 aromatic rings. The number of alkyl halides is 2. The van der Waals surface area contributed by atoms with Gasteiger partial charge in [0.05, 0.1) is 19.7 Å². The van der Waals surface area contributed by atoms with Gasteiger partial charge in [0.2, 0.25) is 0 Å². The van der Waals surface area contributed by atoms with Crippen LogP contribution in [0.15, 0.2) is 29.5 Å². The summed E-state index contributed by atoms with van der Waals surface area (Å²) < 4.78 is 37.4. The monoisotopic (exact) mass is 510 g/mol. The minimum atomic E-state index is -2.95. The molecule has 2 rings (SSSR count). The molecule has 0 aliphatic rings. The maximum atomic E-state index is 12.8. The van der Waals surface area contributed by atoms with E-state index >= 15 is 0 Å². The van der Waals surface area contributed by atoms with Crippen molar-refractivity contribution in [2.75, 3.05) is 13.2 Å². The van der Waals surface area contributed by atoms with Crippen molar-refractivity contribution < 1.29 is 18.3 Å². The van der Waals surface area contributed by atoms with Gasteiger partial charge >= 0.3 is 6.61 Å². The van der Waals surface area contributed by atoms with Crippen LogP contribution < -0.4 is 20.1 Å². The van der Waals surface area contributed by atoms with E-state index in [9.17, 15) is 8.78 Å². The molecule has 11 heteroatoms. The van der Waals surface area contributed by atoms with Gasteiger partial charge in [0, 0.05) is 19.2 Å². The number of guanidine groups is 1. The Morgan fingerprint density at radius 2 is 2.07 bits per heavy atom. The van der Waals surface area contributed by atoms with Crippen molar-refractivity contribution in [1.29, 1.82) is 0 Å². The number of nitrogens with zero attached hydrogens (tertiary/aromatic N) is 4. The van der Waals surface area contributed by atoms with Crippen LogP contribution in [0.1, 0.15) is 25.2 Å². The van der Waals surface area contributed by atoms with E-state index in [1.165, 1.54) is 0 Å². The van der Waals surface area contributed by atoms with Crippen LogP contribution in [0.25, 0.3) is 0 Å².